The predicted molar refractivity (Wildman–Crippen MR) is 66.7 cm³/mol. The molecule has 0 radical (unpaired) electrons. The third kappa shape index (κ3) is 2.65. The summed E-state index contributed by atoms with van der Waals surface area (Å²) in [6, 6.07) is 5.05. The lowest BCUT2D eigenvalue weighted by atomic mass is 10.1. The second-order valence-corrected chi connectivity index (χ2v) is 4.38. The van der Waals surface area contributed by atoms with E-state index in [1.807, 2.05) is 12.2 Å². The Balaban J connectivity index is 2.03. The number of phenolic OH excluding ortho intramolecular Hbond substituents is 1. The van der Waals surface area contributed by atoms with E-state index < -0.39 is 0 Å². The molecule has 0 saturated heterocycles. The van der Waals surface area contributed by atoms with Gasteiger partial charge >= 0.3 is 0 Å². The van der Waals surface area contributed by atoms with Crippen molar-refractivity contribution in [1.29, 1.82) is 0 Å². The summed E-state index contributed by atoms with van der Waals surface area (Å²) in [5.41, 5.74) is 7.08. The zero-order valence-corrected chi connectivity index (χ0v) is 9.68. The summed E-state index contributed by atoms with van der Waals surface area (Å²) < 4.78 is 0. The van der Waals surface area contributed by atoms with E-state index in [-0.39, 0.29) is 23.6 Å². The summed E-state index contributed by atoms with van der Waals surface area (Å²) in [4.78, 5) is 11.9. The Morgan fingerprint density at radius 1 is 1.47 bits per heavy atom. The summed E-state index contributed by atoms with van der Waals surface area (Å²) in [5.74, 6) is -0.0765. The van der Waals surface area contributed by atoms with Gasteiger partial charge in [0.2, 0.25) is 5.91 Å². The molecule has 0 bridgehead atoms. The van der Waals surface area contributed by atoms with Gasteiger partial charge in [-0.25, -0.2) is 0 Å². The highest BCUT2D eigenvalue weighted by Crippen LogP contribution is 2.23. The van der Waals surface area contributed by atoms with Crippen LogP contribution in [0.4, 0.5) is 5.69 Å². The van der Waals surface area contributed by atoms with E-state index in [0.717, 1.165) is 5.56 Å². The minimum Gasteiger partial charge on any atom is -0.508 e. The van der Waals surface area contributed by atoms with Gasteiger partial charge in [0, 0.05) is 17.8 Å². The van der Waals surface area contributed by atoms with Gasteiger partial charge in [-0.2, -0.15) is 0 Å². The van der Waals surface area contributed by atoms with Crippen molar-refractivity contribution in [3.05, 3.63) is 35.9 Å². The number of nitrogens with one attached hydrogen (secondary N) is 1. The first-order chi connectivity index (χ1) is 8.06. The van der Waals surface area contributed by atoms with Gasteiger partial charge in [0.1, 0.15) is 5.75 Å². The maximum absolute atomic E-state index is 11.9. The predicted octanol–water partition coefficient (Wildman–Crippen LogP) is 1.54. The zero-order chi connectivity index (χ0) is 12.4. The number of aromatic hydroxyl groups is 1. The van der Waals surface area contributed by atoms with Crippen LogP contribution in [0.25, 0.3) is 0 Å². The van der Waals surface area contributed by atoms with Crippen LogP contribution in [-0.4, -0.2) is 17.1 Å². The summed E-state index contributed by atoms with van der Waals surface area (Å²) in [5, 5.41) is 12.3. The molecule has 1 amide bonds. The van der Waals surface area contributed by atoms with Crippen LogP contribution in [0.15, 0.2) is 30.4 Å². The number of amides is 1. The molecule has 4 nitrogen and oxygen atoms in total. The molecule has 0 spiro atoms. The normalized spacial score (nSPS) is 22.7. The largest absolute Gasteiger partial charge is 0.508 e. The highest BCUT2D eigenvalue weighted by atomic mass is 16.3. The van der Waals surface area contributed by atoms with Gasteiger partial charge < -0.3 is 16.2 Å². The van der Waals surface area contributed by atoms with Crippen LogP contribution < -0.4 is 11.1 Å². The van der Waals surface area contributed by atoms with Crippen molar-refractivity contribution in [2.45, 2.75) is 19.4 Å². The molecule has 1 aromatic rings. The molecule has 2 unspecified atom stereocenters. The Kier molecular flexibility index (Phi) is 3.15. The molecule has 1 aliphatic rings. The number of hydrogen-bond donors (Lipinski definition) is 3. The molecule has 1 aromatic carbocycles. The van der Waals surface area contributed by atoms with Gasteiger partial charge in [-0.1, -0.05) is 18.2 Å². The maximum Gasteiger partial charge on any atom is 0.231 e. The van der Waals surface area contributed by atoms with Crippen molar-refractivity contribution in [3.63, 3.8) is 0 Å². The quantitative estimate of drug-likeness (QED) is 0.677. The SMILES string of the molecule is Cc1ccc(NC(=O)C2C=CC(N)C2)cc1O. The average molecular weight is 232 g/mol. The highest BCUT2D eigenvalue weighted by Gasteiger charge is 2.22. The number of carbonyl (C=O) groups is 1. The lowest BCUT2D eigenvalue weighted by Gasteiger charge is -2.11. The van der Waals surface area contributed by atoms with Gasteiger partial charge in [-0.15, -0.1) is 0 Å². The molecule has 0 fully saturated rings. The molecule has 0 aliphatic heterocycles. The van der Waals surface area contributed by atoms with Crippen molar-refractivity contribution in [2.75, 3.05) is 5.32 Å². The van der Waals surface area contributed by atoms with Crippen molar-refractivity contribution >= 4 is 11.6 Å². The number of anilines is 1. The topological polar surface area (TPSA) is 75.4 Å². The Morgan fingerprint density at radius 2 is 2.24 bits per heavy atom. The Morgan fingerprint density at radius 3 is 2.82 bits per heavy atom. The maximum atomic E-state index is 11.9. The number of nitrogens with two attached hydrogens (primary N) is 1. The molecule has 1 aliphatic carbocycles. The van der Waals surface area contributed by atoms with Crippen LogP contribution in [0, 0.1) is 12.8 Å². The van der Waals surface area contributed by atoms with Crippen LogP contribution in [0.1, 0.15) is 12.0 Å². The number of hydrogen-bond acceptors (Lipinski definition) is 3. The molecule has 4 heteroatoms. The Hall–Kier alpha value is -1.81. The van der Waals surface area contributed by atoms with Crippen LogP contribution in [0.2, 0.25) is 0 Å². The summed E-state index contributed by atoms with van der Waals surface area (Å²) in [7, 11) is 0. The second kappa shape index (κ2) is 4.59. The van der Waals surface area contributed by atoms with Crippen LogP contribution in [0.5, 0.6) is 5.75 Å². The fourth-order valence-electron chi connectivity index (χ4n) is 1.84. The lowest BCUT2D eigenvalue weighted by molar-refractivity contribution is -0.118. The number of rotatable bonds is 2. The van der Waals surface area contributed by atoms with E-state index in [1.54, 1.807) is 25.1 Å². The van der Waals surface area contributed by atoms with Crippen LogP contribution >= 0.6 is 0 Å². The Labute approximate surface area is 100 Å². The molecule has 2 atom stereocenters. The minimum absolute atomic E-state index is 0.0304. The number of aryl methyl sites for hydroxylation is 1. The van der Waals surface area contributed by atoms with E-state index >= 15 is 0 Å². The molecule has 90 valence electrons. The lowest BCUT2D eigenvalue weighted by Crippen LogP contribution is -2.23. The number of benzene rings is 1. The summed E-state index contributed by atoms with van der Waals surface area (Å²) >= 11 is 0. The van der Waals surface area contributed by atoms with Gasteiger partial charge in [0.25, 0.3) is 0 Å². The number of carbonyl (C=O) groups excluding carboxylic acids is 1. The van der Waals surface area contributed by atoms with E-state index in [4.69, 9.17) is 5.73 Å². The van der Waals surface area contributed by atoms with Crippen molar-refractivity contribution in [1.82, 2.24) is 0 Å². The Bertz CT molecular complexity index is 468. The third-order valence-electron chi connectivity index (χ3n) is 2.93. The van der Waals surface area contributed by atoms with Gasteiger partial charge in [0.15, 0.2) is 0 Å². The number of phenols is 1. The van der Waals surface area contributed by atoms with E-state index in [0.29, 0.717) is 12.1 Å². The first-order valence-electron chi connectivity index (χ1n) is 5.60. The van der Waals surface area contributed by atoms with Gasteiger partial charge in [-0.05, 0) is 25.0 Å². The second-order valence-electron chi connectivity index (χ2n) is 4.38. The van der Waals surface area contributed by atoms with E-state index in [2.05, 4.69) is 5.32 Å². The highest BCUT2D eigenvalue weighted by molar-refractivity contribution is 5.94. The molecule has 0 aromatic heterocycles. The first kappa shape index (κ1) is 11.7. The molecule has 2 rings (SSSR count). The van der Waals surface area contributed by atoms with Crippen LogP contribution in [-0.2, 0) is 4.79 Å². The van der Waals surface area contributed by atoms with E-state index in [9.17, 15) is 9.90 Å². The standard InChI is InChI=1S/C13H16N2O2/c1-8-2-5-11(7-12(8)16)15-13(17)9-3-4-10(14)6-9/h2-5,7,9-10,16H,6,14H2,1H3,(H,15,17). The van der Waals surface area contributed by atoms with Crippen molar-refractivity contribution in [2.24, 2.45) is 11.7 Å². The van der Waals surface area contributed by atoms with Crippen LogP contribution in [0.3, 0.4) is 0 Å². The molecule has 17 heavy (non-hydrogen) atoms. The van der Waals surface area contributed by atoms with Crippen molar-refractivity contribution in [3.8, 4) is 5.75 Å². The van der Waals surface area contributed by atoms with Gasteiger partial charge in [0.05, 0.1) is 5.92 Å². The first-order valence-corrected chi connectivity index (χ1v) is 5.60. The average Bonchev–Trinajstić information content (AvgIpc) is 2.70. The monoisotopic (exact) mass is 232 g/mol. The fraction of sp³-hybridized carbons (Fsp3) is 0.308. The third-order valence-corrected chi connectivity index (χ3v) is 2.93. The van der Waals surface area contributed by atoms with Crippen molar-refractivity contribution < 1.29 is 9.90 Å². The van der Waals surface area contributed by atoms with E-state index in [1.165, 1.54) is 0 Å². The summed E-state index contributed by atoms with van der Waals surface area (Å²) in [6.45, 7) is 1.81. The summed E-state index contributed by atoms with van der Waals surface area (Å²) in [6.07, 6.45) is 4.31. The minimum atomic E-state index is -0.173. The molecular weight excluding hydrogens is 216 g/mol. The molecule has 0 heterocycles. The molecular formula is C13H16N2O2. The molecule has 4 N–H and O–H groups in total. The smallest absolute Gasteiger partial charge is 0.231 e. The fourth-order valence-corrected chi connectivity index (χ4v) is 1.84. The molecule has 0 saturated carbocycles. The van der Waals surface area contributed by atoms with Gasteiger partial charge in [-0.3, -0.25) is 4.79 Å². The zero-order valence-electron chi connectivity index (χ0n) is 9.68.